The number of benzene rings is 2. The van der Waals surface area contributed by atoms with Crippen LogP contribution in [0, 0.1) is 40.3 Å². The zero-order chi connectivity index (χ0) is 52.9. The number of pyridine rings is 2. The monoisotopic (exact) mass is 1050 g/mol. The molecule has 24 heteroatoms. The van der Waals surface area contributed by atoms with Crippen LogP contribution in [0.3, 0.4) is 0 Å². The maximum atomic E-state index is 13.0. The number of esters is 2. The number of rotatable bonds is 16. The van der Waals surface area contributed by atoms with Crippen LogP contribution >= 0.6 is 11.6 Å². The number of piperidine rings is 2. The van der Waals surface area contributed by atoms with E-state index in [2.05, 4.69) is 25.5 Å². The molecule has 0 radical (unpaired) electrons. The molecule has 2 fully saturated rings. The molecule has 0 bridgehead atoms. The first-order valence-electron chi connectivity index (χ1n) is 22.5. The summed E-state index contributed by atoms with van der Waals surface area (Å²) in [7, 11) is -5.11. The van der Waals surface area contributed by atoms with Gasteiger partial charge in [0, 0.05) is 43.0 Å². The minimum atomic E-state index is -3.95. The van der Waals surface area contributed by atoms with Crippen molar-refractivity contribution in [2.24, 2.45) is 11.8 Å². The number of ether oxygens (including phenoxy) is 4. The molecule has 2 aliphatic heterocycles. The van der Waals surface area contributed by atoms with Crippen molar-refractivity contribution in [2.75, 3.05) is 50.2 Å². The molecule has 2 saturated heterocycles. The molecule has 2 aromatic carbocycles. The van der Waals surface area contributed by atoms with E-state index < -0.39 is 67.2 Å². The molecule has 4 aromatic rings. The molecule has 4 heterocycles. The second kappa shape index (κ2) is 24.8. The Morgan fingerprint density at radius 2 is 1.01 bits per heavy atom. The molecule has 2 amide bonds. The van der Waals surface area contributed by atoms with Crippen molar-refractivity contribution in [1.29, 1.82) is 10.5 Å². The molecule has 6 rings (SSSR count). The van der Waals surface area contributed by atoms with Gasteiger partial charge in [0.2, 0.25) is 43.6 Å². The Hall–Kier alpha value is -7.08. The zero-order valence-electron chi connectivity index (χ0n) is 40.3. The molecule has 0 saturated carbocycles. The lowest BCUT2D eigenvalue weighted by molar-refractivity contribution is -0.124. The Balaban J connectivity index is 0.000000267. The van der Waals surface area contributed by atoms with E-state index in [1.54, 1.807) is 56.9 Å². The Morgan fingerprint density at radius 1 is 0.667 bits per heavy atom. The molecule has 20 nitrogen and oxygen atoms in total. The van der Waals surface area contributed by atoms with Gasteiger partial charge in [-0.15, -0.1) is 0 Å². The lowest BCUT2D eigenvalue weighted by Crippen LogP contribution is -2.43. The van der Waals surface area contributed by atoms with Gasteiger partial charge < -0.3 is 28.7 Å². The molecule has 2 aliphatic rings. The van der Waals surface area contributed by atoms with Crippen LogP contribution in [-0.2, 0) is 50.6 Å². The Bertz CT molecular complexity index is 2730. The second-order valence-corrected chi connectivity index (χ2v) is 21.1. The number of hydrogen-bond donors (Lipinski definition) is 2. The van der Waals surface area contributed by atoms with Gasteiger partial charge in [-0.1, -0.05) is 35.9 Å². The van der Waals surface area contributed by atoms with E-state index in [-0.39, 0.29) is 52.0 Å². The van der Waals surface area contributed by atoms with Crippen LogP contribution in [0.5, 0.6) is 11.8 Å². The third kappa shape index (κ3) is 15.5. The number of methoxy groups -OCH3 is 2. The highest BCUT2D eigenvalue weighted by molar-refractivity contribution is 7.89. The molecule has 0 spiro atoms. The number of halogens is 2. The highest BCUT2D eigenvalue weighted by atomic mass is 35.5. The van der Waals surface area contributed by atoms with Crippen molar-refractivity contribution >= 4 is 67.0 Å². The van der Waals surface area contributed by atoms with Gasteiger partial charge in [0.25, 0.3) is 0 Å². The highest BCUT2D eigenvalue weighted by Crippen LogP contribution is 2.32. The van der Waals surface area contributed by atoms with Crippen molar-refractivity contribution in [3.63, 3.8) is 0 Å². The normalized spacial score (nSPS) is 14.3. The summed E-state index contributed by atoms with van der Waals surface area (Å²) < 4.78 is 87.9. The number of carbonyl (C=O) groups excluding carboxylic acids is 4. The molecule has 384 valence electrons. The zero-order valence-corrected chi connectivity index (χ0v) is 42.7. The van der Waals surface area contributed by atoms with Crippen LogP contribution in [0.4, 0.5) is 16.0 Å². The summed E-state index contributed by atoms with van der Waals surface area (Å²) in [4.78, 5) is 62.4. The predicted octanol–water partition coefficient (Wildman–Crippen LogP) is 5.57. The summed E-state index contributed by atoms with van der Waals surface area (Å²) in [5.74, 6) is -4.16. The first kappa shape index (κ1) is 55.8. The third-order valence-electron chi connectivity index (χ3n) is 11.1. The molecule has 0 atom stereocenters. The number of hydrogen-bond acceptors (Lipinski definition) is 18. The number of nitriles is 2. The SMILES string of the molecule is COc1nc(N2CCC(C(=O)NS(=O)(=O)Cc3ccc(Cl)cc3)CC2)c(C#N)cc1C(=O)OC(C)C.COc1nc(N2CCC(C(=O)NS(=O)(=O)Cc3ccc(F)cc3)CC2)c(C#N)cc1C(=O)OC(C)C. The quantitative estimate of drug-likeness (QED) is 0.130. The van der Waals surface area contributed by atoms with E-state index in [9.17, 15) is 50.9 Å². The van der Waals surface area contributed by atoms with E-state index in [0.717, 1.165) is 12.1 Å². The Morgan fingerprint density at radius 3 is 1.33 bits per heavy atom. The fourth-order valence-electron chi connectivity index (χ4n) is 7.63. The summed E-state index contributed by atoms with van der Waals surface area (Å²) in [5.41, 5.74) is 1.27. The highest BCUT2D eigenvalue weighted by Gasteiger charge is 2.33. The number of nitrogens with zero attached hydrogens (tertiary/aromatic N) is 6. The van der Waals surface area contributed by atoms with Crippen LogP contribution < -0.4 is 28.7 Å². The van der Waals surface area contributed by atoms with E-state index in [4.69, 9.17) is 30.5 Å². The van der Waals surface area contributed by atoms with Crippen molar-refractivity contribution in [2.45, 2.75) is 77.1 Å². The molecule has 0 unspecified atom stereocenters. The lowest BCUT2D eigenvalue weighted by Gasteiger charge is -2.32. The fraction of sp³-hybridized carbons (Fsp3) is 0.417. The third-order valence-corrected chi connectivity index (χ3v) is 13.8. The number of amides is 2. The molecule has 0 aliphatic carbocycles. The minimum Gasteiger partial charge on any atom is -0.480 e. The van der Waals surface area contributed by atoms with Crippen LogP contribution in [0.25, 0.3) is 0 Å². The van der Waals surface area contributed by atoms with Gasteiger partial charge in [0.05, 0.1) is 49.1 Å². The number of aromatic nitrogens is 2. The van der Waals surface area contributed by atoms with Crippen molar-refractivity contribution in [3.8, 4) is 23.9 Å². The van der Waals surface area contributed by atoms with Crippen molar-refractivity contribution < 1.29 is 59.4 Å². The van der Waals surface area contributed by atoms with E-state index in [1.807, 2.05) is 11.0 Å². The van der Waals surface area contributed by atoms with Gasteiger partial charge in [-0.2, -0.15) is 20.5 Å². The number of nitrogens with one attached hydrogen (secondary N) is 2. The number of sulfonamides is 2. The van der Waals surface area contributed by atoms with Gasteiger partial charge in [0.15, 0.2) is 11.6 Å². The van der Waals surface area contributed by atoms with Crippen molar-refractivity contribution in [1.82, 2.24) is 19.4 Å². The number of carbonyl (C=O) groups is 4. The summed E-state index contributed by atoms with van der Waals surface area (Å²) in [6.45, 7) is 8.19. The van der Waals surface area contributed by atoms with Gasteiger partial charge in [-0.3, -0.25) is 19.0 Å². The first-order valence-corrected chi connectivity index (χ1v) is 26.2. The second-order valence-electron chi connectivity index (χ2n) is 17.2. The Labute approximate surface area is 422 Å². The maximum absolute atomic E-state index is 13.0. The van der Waals surface area contributed by atoms with E-state index in [1.165, 1.54) is 38.5 Å². The predicted molar refractivity (Wildman–Crippen MR) is 261 cm³/mol. The minimum absolute atomic E-state index is 0.0152. The van der Waals surface area contributed by atoms with E-state index in [0.29, 0.717) is 79.6 Å². The van der Waals surface area contributed by atoms with Crippen LogP contribution in [-0.4, -0.2) is 103 Å². The average Bonchev–Trinajstić information content (AvgIpc) is 3.33. The molecule has 72 heavy (non-hydrogen) atoms. The Kier molecular flexibility index (Phi) is 19.3. The summed E-state index contributed by atoms with van der Waals surface area (Å²) >= 11 is 5.83. The largest absolute Gasteiger partial charge is 0.480 e. The smallest absolute Gasteiger partial charge is 0.343 e. The molecular formula is C48H54ClFN8O12S2. The average molecular weight is 1050 g/mol. The van der Waals surface area contributed by atoms with Crippen LogP contribution in [0.2, 0.25) is 5.02 Å². The van der Waals surface area contributed by atoms with Gasteiger partial charge in [-0.25, -0.2) is 30.8 Å². The molecular weight excluding hydrogens is 999 g/mol. The van der Waals surface area contributed by atoms with Crippen LogP contribution in [0.1, 0.15) is 96.3 Å². The number of anilines is 2. The first-order chi connectivity index (χ1) is 34.0. The van der Waals surface area contributed by atoms with Gasteiger partial charge in [-0.05, 0) is 101 Å². The summed E-state index contributed by atoms with van der Waals surface area (Å²) in [6.07, 6.45) is 0.640. The van der Waals surface area contributed by atoms with E-state index >= 15 is 0 Å². The standard InChI is InChI=1S/C24H27ClN4O6S.C24H27FN4O6S/c2*1-15(2)35-24(31)20-12-18(13-26)21(27-23(20)34-3)29-10-8-17(9-11-29)22(30)28-36(32,33)14-16-4-6-19(25)7-5-16/h2*4-7,12,15,17H,8-11,14H2,1-3H3,(H,28,30). The van der Waals surface area contributed by atoms with Crippen molar-refractivity contribution in [3.05, 3.63) is 105 Å². The summed E-state index contributed by atoms with van der Waals surface area (Å²) in [6, 6.07) is 18.2. The fourth-order valence-corrected chi connectivity index (χ4v) is 10.1. The molecule has 2 N–H and O–H groups in total. The molecule has 2 aromatic heterocycles. The van der Waals surface area contributed by atoms with Gasteiger partial charge in [0.1, 0.15) is 29.1 Å². The topological polar surface area (TPSA) is 277 Å². The lowest BCUT2D eigenvalue weighted by atomic mass is 9.96. The maximum Gasteiger partial charge on any atom is 0.343 e. The van der Waals surface area contributed by atoms with Crippen LogP contribution in [0.15, 0.2) is 60.7 Å². The van der Waals surface area contributed by atoms with Gasteiger partial charge >= 0.3 is 11.9 Å². The summed E-state index contributed by atoms with van der Waals surface area (Å²) in [5, 5.41) is 19.8.